The van der Waals surface area contributed by atoms with Gasteiger partial charge in [0.2, 0.25) is 0 Å². The third-order valence-electron chi connectivity index (χ3n) is 4.33. The van der Waals surface area contributed by atoms with E-state index in [0.29, 0.717) is 0 Å². The van der Waals surface area contributed by atoms with Crippen LogP contribution in [0.4, 0.5) is 0 Å². The molecule has 7 heteroatoms. The molecule has 0 unspecified atom stereocenters. The maximum Gasteiger partial charge on any atom is 0.158 e. The van der Waals surface area contributed by atoms with E-state index in [9.17, 15) is 0 Å². The molecule has 4 rings (SSSR count). The maximum absolute atomic E-state index is 4.89. The Bertz CT molecular complexity index is 897. The van der Waals surface area contributed by atoms with Gasteiger partial charge in [0.05, 0.1) is 22.8 Å². The SMILES string of the molecule is C[Si](C)(c1cccc(-c2ccn[nH]2)n1)c1cccc(-c2ccn[nH]2)n1. The van der Waals surface area contributed by atoms with Gasteiger partial charge in [0.1, 0.15) is 0 Å². The van der Waals surface area contributed by atoms with Crippen molar-refractivity contribution in [1.29, 1.82) is 0 Å². The Hall–Kier alpha value is -3.06. The summed E-state index contributed by atoms with van der Waals surface area (Å²) in [4.78, 5) is 9.77. The highest BCUT2D eigenvalue weighted by atomic mass is 28.3. The lowest BCUT2D eigenvalue weighted by atomic mass is 10.3. The molecule has 0 atom stereocenters. The molecule has 6 nitrogen and oxygen atoms in total. The predicted molar refractivity (Wildman–Crippen MR) is 100 cm³/mol. The van der Waals surface area contributed by atoms with E-state index >= 15 is 0 Å². The van der Waals surface area contributed by atoms with Gasteiger partial charge < -0.3 is 0 Å². The zero-order chi connectivity index (χ0) is 17.3. The van der Waals surface area contributed by atoms with Gasteiger partial charge in [-0.1, -0.05) is 25.2 Å². The number of H-pyrrole nitrogens is 2. The van der Waals surface area contributed by atoms with Crippen LogP contribution in [0.1, 0.15) is 0 Å². The number of hydrogen-bond donors (Lipinski definition) is 2. The molecule has 4 aromatic rings. The van der Waals surface area contributed by atoms with Crippen molar-refractivity contribution in [1.82, 2.24) is 30.4 Å². The molecular formula is C18H18N6Si. The number of hydrogen-bond acceptors (Lipinski definition) is 4. The lowest BCUT2D eigenvalue weighted by Crippen LogP contribution is -2.55. The Morgan fingerprint density at radius 3 is 1.56 bits per heavy atom. The first kappa shape index (κ1) is 15.5. The molecule has 0 aliphatic rings. The monoisotopic (exact) mass is 346 g/mol. The normalized spacial score (nSPS) is 11.6. The Kier molecular flexibility index (Phi) is 3.77. The molecule has 25 heavy (non-hydrogen) atoms. The van der Waals surface area contributed by atoms with Gasteiger partial charge in [0.25, 0.3) is 0 Å². The van der Waals surface area contributed by atoms with Crippen LogP contribution in [0, 0.1) is 0 Å². The summed E-state index contributed by atoms with van der Waals surface area (Å²) in [5.74, 6) is 0. The standard InChI is InChI=1S/C18H18N6Si/c1-25(2,17-7-3-5-13(21-17)15-9-11-19-23-15)18-8-4-6-14(22-18)16-10-12-20-24-16/h3-12H,1-2H3,(H,19,23)(H,20,24). The van der Waals surface area contributed by atoms with Gasteiger partial charge in [0, 0.05) is 23.0 Å². The molecule has 0 aromatic carbocycles. The molecule has 0 saturated heterocycles. The number of nitrogens with zero attached hydrogens (tertiary/aromatic N) is 4. The van der Waals surface area contributed by atoms with Gasteiger partial charge >= 0.3 is 0 Å². The van der Waals surface area contributed by atoms with Crippen molar-refractivity contribution in [2.24, 2.45) is 0 Å². The largest absolute Gasteiger partial charge is 0.276 e. The fourth-order valence-corrected chi connectivity index (χ4v) is 4.88. The summed E-state index contributed by atoms with van der Waals surface area (Å²) in [5.41, 5.74) is 3.65. The second kappa shape index (κ2) is 6.10. The Balaban J connectivity index is 1.75. The highest BCUT2D eigenvalue weighted by Crippen LogP contribution is 2.14. The van der Waals surface area contributed by atoms with E-state index in [0.717, 1.165) is 33.4 Å². The summed E-state index contributed by atoms with van der Waals surface area (Å²) < 4.78 is 0. The van der Waals surface area contributed by atoms with E-state index in [1.54, 1.807) is 12.4 Å². The number of nitrogens with one attached hydrogen (secondary N) is 2. The minimum absolute atomic E-state index is 0.903. The lowest BCUT2D eigenvalue weighted by Gasteiger charge is -2.22. The minimum Gasteiger partial charge on any atom is -0.276 e. The fraction of sp³-hybridized carbons (Fsp3) is 0.111. The van der Waals surface area contributed by atoms with Crippen LogP contribution >= 0.6 is 0 Å². The topological polar surface area (TPSA) is 83.1 Å². The van der Waals surface area contributed by atoms with Crippen molar-refractivity contribution in [3.8, 4) is 22.8 Å². The minimum atomic E-state index is -2.03. The molecule has 0 aliphatic heterocycles. The Morgan fingerprint density at radius 2 is 1.16 bits per heavy atom. The van der Waals surface area contributed by atoms with Crippen LogP contribution in [0.3, 0.4) is 0 Å². The number of pyridine rings is 2. The van der Waals surface area contributed by atoms with Crippen LogP contribution in [0.15, 0.2) is 60.9 Å². The van der Waals surface area contributed by atoms with E-state index in [1.165, 1.54) is 0 Å². The van der Waals surface area contributed by atoms with Crippen LogP contribution in [-0.2, 0) is 0 Å². The second-order valence-electron chi connectivity index (χ2n) is 6.38. The molecule has 4 heterocycles. The first-order chi connectivity index (χ1) is 12.1. The molecule has 124 valence electrons. The van der Waals surface area contributed by atoms with Crippen molar-refractivity contribution in [3.05, 3.63) is 60.9 Å². The number of aromatic amines is 2. The first-order valence-electron chi connectivity index (χ1n) is 8.09. The Morgan fingerprint density at radius 1 is 0.680 bits per heavy atom. The summed E-state index contributed by atoms with van der Waals surface area (Å²) in [7, 11) is -2.03. The van der Waals surface area contributed by atoms with Crippen LogP contribution < -0.4 is 10.6 Å². The zero-order valence-corrected chi connectivity index (χ0v) is 15.1. The average molecular weight is 346 g/mol. The molecule has 2 N–H and O–H groups in total. The summed E-state index contributed by atoms with van der Waals surface area (Å²) >= 11 is 0. The van der Waals surface area contributed by atoms with Gasteiger partial charge in [-0.3, -0.25) is 20.2 Å². The molecule has 0 spiro atoms. The van der Waals surface area contributed by atoms with E-state index in [2.05, 4.69) is 45.6 Å². The third-order valence-corrected chi connectivity index (χ3v) is 7.45. The van der Waals surface area contributed by atoms with E-state index < -0.39 is 8.07 Å². The maximum atomic E-state index is 4.89. The molecule has 0 saturated carbocycles. The lowest BCUT2D eigenvalue weighted by molar-refractivity contribution is 1.09. The van der Waals surface area contributed by atoms with E-state index in [1.807, 2.05) is 36.4 Å². The molecule has 0 radical (unpaired) electrons. The van der Waals surface area contributed by atoms with Crippen molar-refractivity contribution in [2.75, 3.05) is 0 Å². The van der Waals surface area contributed by atoms with Gasteiger partial charge in [-0.15, -0.1) is 0 Å². The smallest absolute Gasteiger partial charge is 0.158 e. The zero-order valence-electron chi connectivity index (χ0n) is 14.1. The van der Waals surface area contributed by atoms with Crippen LogP contribution in [-0.4, -0.2) is 38.4 Å². The van der Waals surface area contributed by atoms with E-state index in [4.69, 9.17) is 9.97 Å². The second-order valence-corrected chi connectivity index (χ2v) is 10.7. The number of rotatable bonds is 4. The third kappa shape index (κ3) is 2.89. The molecular weight excluding hydrogens is 328 g/mol. The molecule has 0 bridgehead atoms. The summed E-state index contributed by atoms with van der Waals surface area (Å²) in [5, 5.41) is 16.2. The van der Waals surface area contributed by atoms with Gasteiger partial charge in [0.15, 0.2) is 8.07 Å². The van der Waals surface area contributed by atoms with Crippen molar-refractivity contribution in [3.63, 3.8) is 0 Å². The number of aromatic nitrogens is 6. The van der Waals surface area contributed by atoms with Crippen LogP contribution in [0.25, 0.3) is 22.8 Å². The average Bonchev–Trinajstić information content (AvgIpc) is 3.36. The van der Waals surface area contributed by atoms with Crippen LogP contribution in [0.5, 0.6) is 0 Å². The highest BCUT2D eigenvalue weighted by Gasteiger charge is 2.30. The quantitative estimate of drug-likeness (QED) is 0.554. The Labute approximate surface area is 146 Å². The van der Waals surface area contributed by atoms with E-state index in [-0.39, 0.29) is 0 Å². The summed E-state index contributed by atoms with van der Waals surface area (Å²) in [6, 6.07) is 16.1. The molecule has 0 amide bonds. The van der Waals surface area contributed by atoms with Crippen molar-refractivity contribution < 1.29 is 0 Å². The van der Waals surface area contributed by atoms with Crippen LogP contribution in [0.2, 0.25) is 13.1 Å². The molecule has 4 aromatic heterocycles. The predicted octanol–water partition coefficient (Wildman–Crippen LogP) is 2.08. The highest BCUT2D eigenvalue weighted by molar-refractivity contribution is 6.99. The fourth-order valence-electron chi connectivity index (χ4n) is 2.79. The molecule has 0 fully saturated rings. The van der Waals surface area contributed by atoms with Gasteiger partial charge in [-0.05, 0) is 36.4 Å². The molecule has 0 aliphatic carbocycles. The van der Waals surface area contributed by atoms with Gasteiger partial charge in [-0.2, -0.15) is 10.2 Å². The summed E-state index contributed by atoms with van der Waals surface area (Å²) in [6.07, 6.45) is 3.48. The van der Waals surface area contributed by atoms with Crippen molar-refractivity contribution >= 4 is 18.7 Å². The summed E-state index contributed by atoms with van der Waals surface area (Å²) in [6.45, 7) is 4.54. The first-order valence-corrected chi connectivity index (χ1v) is 11.1. The van der Waals surface area contributed by atoms with Gasteiger partial charge in [-0.25, -0.2) is 0 Å². The van der Waals surface area contributed by atoms with Crippen molar-refractivity contribution in [2.45, 2.75) is 13.1 Å².